The minimum absolute atomic E-state index is 0.0533. The number of para-hydroxylation sites is 2. The van der Waals surface area contributed by atoms with Gasteiger partial charge in [0.05, 0.1) is 23.3 Å². The lowest BCUT2D eigenvalue weighted by molar-refractivity contribution is -0.384. The molecule has 0 aliphatic heterocycles. The van der Waals surface area contributed by atoms with Gasteiger partial charge < -0.3 is 14.2 Å². The Morgan fingerprint density at radius 3 is 2.14 bits per heavy atom. The molecule has 190 valence electrons. The molecule has 0 aromatic heterocycles. The first-order valence-corrected chi connectivity index (χ1v) is 12.7. The smallest absolute Gasteiger partial charge is 0.338 e. The van der Waals surface area contributed by atoms with Crippen LogP contribution in [0.3, 0.4) is 0 Å². The predicted molar refractivity (Wildman–Crippen MR) is 131 cm³/mol. The molecule has 3 aromatic rings. The summed E-state index contributed by atoms with van der Waals surface area (Å²) in [5.41, 5.74) is 0.441. The highest BCUT2D eigenvalue weighted by molar-refractivity contribution is 7.86. The highest BCUT2D eigenvalue weighted by atomic mass is 32.2. The molecule has 3 aromatic carbocycles. The fraction of sp³-hybridized carbons (Fsp3) is 0.240. The predicted octanol–water partition coefficient (Wildman–Crippen LogP) is 4.32. The molecule has 2 atom stereocenters. The van der Waals surface area contributed by atoms with E-state index in [0.29, 0.717) is 23.7 Å². The third-order valence-corrected chi connectivity index (χ3v) is 5.46. The van der Waals surface area contributed by atoms with Gasteiger partial charge in [-0.05, 0) is 36.8 Å². The van der Waals surface area contributed by atoms with Gasteiger partial charge in [0.2, 0.25) is 0 Å². The lowest BCUT2D eigenvalue weighted by Gasteiger charge is -2.28. The zero-order valence-corrected chi connectivity index (χ0v) is 20.4. The molecular formula is C25H25NO9S. The van der Waals surface area contributed by atoms with Gasteiger partial charge in [0.1, 0.15) is 6.61 Å². The number of rotatable bonds is 12. The summed E-state index contributed by atoms with van der Waals surface area (Å²) in [5.74, 6) is -0.0209. The SMILES string of the molecule is CCOc1ccccc1O[C@@H](c1ccccc1)[C@H](COC(=O)c1ccc([N+](=O)[O-])cc1)OS(C)(=O)=O. The van der Waals surface area contributed by atoms with Gasteiger partial charge in [0.25, 0.3) is 15.8 Å². The molecule has 0 fully saturated rings. The van der Waals surface area contributed by atoms with Crippen molar-refractivity contribution < 1.29 is 36.5 Å². The third kappa shape index (κ3) is 7.52. The van der Waals surface area contributed by atoms with Crippen molar-refractivity contribution in [2.75, 3.05) is 19.5 Å². The first kappa shape index (κ1) is 26.6. The Kier molecular flexibility index (Phi) is 8.98. The lowest BCUT2D eigenvalue weighted by Crippen LogP contribution is -2.34. The number of carbonyl (C=O) groups excluding carboxylic acids is 1. The summed E-state index contributed by atoms with van der Waals surface area (Å²) in [4.78, 5) is 22.9. The van der Waals surface area contributed by atoms with Crippen LogP contribution in [0.5, 0.6) is 11.5 Å². The summed E-state index contributed by atoms with van der Waals surface area (Å²) in [5, 5.41) is 10.8. The van der Waals surface area contributed by atoms with Crippen molar-refractivity contribution in [1.29, 1.82) is 0 Å². The number of esters is 1. The highest BCUT2D eigenvalue weighted by Crippen LogP contribution is 2.34. The van der Waals surface area contributed by atoms with Crippen LogP contribution in [0.4, 0.5) is 5.69 Å². The molecule has 0 saturated carbocycles. The minimum Gasteiger partial charge on any atom is -0.490 e. The van der Waals surface area contributed by atoms with E-state index in [1.54, 1.807) is 54.6 Å². The Labute approximate surface area is 208 Å². The molecule has 0 aliphatic carbocycles. The second-order valence-corrected chi connectivity index (χ2v) is 9.17. The van der Waals surface area contributed by atoms with Crippen molar-refractivity contribution in [1.82, 2.24) is 0 Å². The number of nitrogens with zero attached hydrogens (tertiary/aromatic N) is 1. The Hall–Kier alpha value is -3.96. The van der Waals surface area contributed by atoms with E-state index in [2.05, 4.69) is 0 Å². The van der Waals surface area contributed by atoms with Gasteiger partial charge in [-0.2, -0.15) is 8.42 Å². The number of benzene rings is 3. The van der Waals surface area contributed by atoms with E-state index in [9.17, 15) is 23.3 Å². The number of hydrogen-bond donors (Lipinski definition) is 0. The molecule has 0 aliphatic rings. The van der Waals surface area contributed by atoms with Crippen LogP contribution in [-0.2, 0) is 19.0 Å². The summed E-state index contributed by atoms with van der Waals surface area (Å²) in [6.45, 7) is 1.71. The fourth-order valence-corrected chi connectivity index (χ4v) is 3.92. The minimum atomic E-state index is -3.99. The van der Waals surface area contributed by atoms with Crippen molar-refractivity contribution in [3.63, 3.8) is 0 Å². The summed E-state index contributed by atoms with van der Waals surface area (Å²) in [6.07, 6.45) is -1.39. The monoisotopic (exact) mass is 515 g/mol. The maximum absolute atomic E-state index is 12.6. The van der Waals surface area contributed by atoms with Gasteiger partial charge in [0.15, 0.2) is 23.7 Å². The molecule has 0 amide bonds. The standard InChI is InChI=1S/C25H25NO9S/c1-3-32-21-11-7-8-12-22(21)34-24(18-9-5-4-6-10-18)23(35-36(2,30)31)17-33-25(27)19-13-15-20(16-14-19)26(28)29/h4-16,23-24H,3,17H2,1-2H3/t23-,24-/m0/s1. The van der Waals surface area contributed by atoms with E-state index in [1.165, 1.54) is 24.3 Å². The Bertz CT molecular complexity index is 1280. The first-order chi connectivity index (χ1) is 17.2. The Morgan fingerprint density at radius 2 is 1.56 bits per heavy atom. The van der Waals surface area contributed by atoms with Crippen molar-refractivity contribution in [3.8, 4) is 11.5 Å². The number of ether oxygens (including phenoxy) is 3. The van der Waals surface area contributed by atoms with Crippen molar-refractivity contribution in [2.24, 2.45) is 0 Å². The molecule has 0 spiro atoms. The molecule has 36 heavy (non-hydrogen) atoms. The van der Waals surface area contributed by atoms with Crippen LogP contribution in [0.1, 0.15) is 28.9 Å². The Balaban J connectivity index is 1.90. The van der Waals surface area contributed by atoms with E-state index < -0.39 is 39.8 Å². The van der Waals surface area contributed by atoms with Gasteiger partial charge in [-0.15, -0.1) is 0 Å². The van der Waals surface area contributed by atoms with E-state index in [1.807, 2.05) is 6.92 Å². The first-order valence-electron chi connectivity index (χ1n) is 10.9. The molecule has 0 saturated heterocycles. The van der Waals surface area contributed by atoms with Crippen LogP contribution >= 0.6 is 0 Å². The van der Waals surface area contributed by atoms with Crippen molar-refractivity contribution in [3.05, 3.63) is 100 Å². The molecule has 0 unspecified atom stereocenters. The zero-order chi connectivity index (χ0) is 26.1. The van der Waals surface area contributed by atoms with E-state index in [-0.39, 0.29) is 11.3 Å². The van der Waals surface area contributed by atoms with Crippen LogP contribution in [0.15, 0.2) is 78.9 Å². The average Bonchev–Trinajstić information content (AvgIpc) is 2.86. The molecule has 10 nitrogen and oxygen atoms in total. The number of hydrogen-bond acceptors (Lipinski definition) is 9. The molecule has 3 rings (SSSR count). The van der Waals surface area contributed by atoms with Gasteiger partial charge in [-0.3, -0.25) is 14.3 Å². The number of non-ortho nitro benzene ring substituents is 1. The second-order valence-electron chi connectivity index (χ2n) is 7.57. The largest absolute Gasteiger partial charge is 0.490 e. The molecule has 0 radical (unpaired) electrons. The third-order valence-electron chi connectivity index (χ3n) is 4.86. The van der Waals surface area contributed by atoms with Gasteiger partial charge in [0, 0.05) is 12.1 Å². The molecule has 11 heteroatoms. The van der Waals surface area contributed by atoms with Crippen LogP contribution in [0, 0.1) is 10.1 Å². The summed E-state index contributed by atoms with van der Waals surface area (Å²) < 4.78 is 46.7. The second kappa shape index (κ2) is 12.1. The molecular weight excluding hydrogens is 490 g/mol. The number of carbonyl (C=O) groups is 1. The van der Waals surface area contributed by atoms with Crippen LogP contribution in [0.2, 0.25) is 0 Å². The fourth-order valence-electron chi connectivity index (χ4n) is 3.31. The van der Waals surface area contributed by atoms with Crippen molar-refractivity contribution >= 4 is 21.8 Å². The van der Waals surface area contributed by atoms with Gasteiger partial charge in [-0.1, -0.05) is 42.5 Å². The van der Waals surface area contributed by atoms with Crippen LogP contribution < -0.4 is 9.47 Å². The molecule has 0 N–H and O–H groups in total. The van der Waals surface area contributed by atoms with Crippen LogP contribution in [0.25, 0.3) is 0 Å². The Morgan fingerprint density at radius 1 is 0.944 bits per heavy atom. The normalized spacial score (nSPS) is 12.8. The van der Waals surface area contributed by atoms with Gasteiger partial charge in [-0.25, -0.2) is 4.79 Å². The molecule has 0 bridgehead atoms. The van der Waals surface area contributed by atoms with Crippen molar-refractivity contribution in [2.45, 2.75) is 19.1 Å². The molecule has 0 heterocycles. The average molecular weight is 516 g/mol. The summed E-state index contributed by atoms with van der Waals surface area (Å²) in [6, 6.07) is 20.5. The van der Waals surface area contributed by atoms with Crippen LogP contribution in [-0.4, -0.2) is 44.9 Å². The van der Waals surface area contributed by atoms with E-state index in [4.69, 9.17) is 18.4 Å². The summed E-state index contributed by atoms with van der Waals surface area (Å²) >= 11 is 0. The highest BCUT2D eigenvalue weighted by Gasteiger charge is 2.32. The maximum Gasteiger partial charge on any atom is 0.338 e. The maximum atomic E-state index is 12.6. The lowest BCUT2D eigenvalue weighted by atomic mass is 10.0. The zero-order valence-electron chi connectivity index (χ0n) is 19.6. The van der Waals surface area contributed by atoms with E-state index >= 15 is 0 Å². The summed E-state index contributed by atoms with van der Waals surface area (Å²) in [7, 11) is -3.99. The van der Waals surface area contributed by atoms with E-state index in [0.717, 1.165) is 6.26 Å². The topological polar surface area (TPSA) is 131 Å². The number of nitro groups is 1. The van der Waals surface area contributed by atoms with Gasteiger partial charge >= 0.3 is 5.97 Å². The quantitative estimate of drug-likeness (QED) is 0.150. The number of nitro benzene ring substituents is 1.